The van der Waals surface area contributed by atoms with Gasteiger partial charge in [0.25, 0.3) is 12.4 Å². The highest BCUT2D eigenvalue weighted by molar-refractivity contribution is 5.94. The Hall–Kier alpha value is -2.56. The van der Waals surface area contributed by atoms with Crippen molar-refractivity contribution in [2.75, 3.05) is 7.11 Å². The molecule has 1 aromatic heterocycles. The first-order chi connectivity index (χ1) is 17.6. The molecule has 1 aromatic carbocycles. The van der Waals surface area contributed by atoms with Gasteiger partial charge in [0.05, 0.1) is 7.11 Å². The zero-order chi connectivity index (χ0) is 26.6. The van der Waals surface area contributed by atoms with Crippen molar-refractivity contribution in [2.45, 2.75) is 115 Å². The Balaban J connectivity index is 0.000000747. The standard InChI is InChI=1S/C30H42N2O.C2H4O2/c1-29(2,3)23-16-22(17-24(19-23)30(4)13-14-30)27-21(15-20-9-6-5-7-10-20)18-26(32-27)28(33)31-25-11-8-12-25;1-4-2-3/h16-20,25,32H,5-15H2,1-4H3,(H,31,33);2H,1H3. The maximum Gasteiger partial charge on any atom is 0.292 e. The Morgan fingerprint density at radius 2 is 1.73 bits per heavy atom. The molecule has 5 heteroatoms. The maximum absolute atomic E-state index is 13.1. The summed E-state index contributed by atoms with van der Waals surface area (Å²) in [6, 6.07) is 9.74. The van der Waals surface area contributed by atoms with Crippen LogP contribution in [-0.2, 0) is 26.8 Å². The lowest BCUT2D eigenvalue weighted by molar-refractivity contribution is -0.126. The molecule has 0 spiro atoms. The van der Waals surface area contributed by atoms with Gasteiger partial charge in [-0.15, -0.1) is 0 Å². The Bertz CT molecular complexity index is 1060. The van der Waals surface area contributed by atoms with Gasteiger partial charge < -0.3 is 15.0 Å². The molecule has 1 amide bonds. The number of aromatic nitrogens is 1. The molecule has 3 fully saturated rings. The van der Waals surface area contributed by atoms with E-state index in [0.29, 0.717) is 17.9 Å². The molecule has 0 radical (unpaired) electrons. The van der Waals surface area contributed by atoms with E-state index in [4.69, 9.17) is 4.79 Å². The summed E-state index contributed by atoms with van der Waals surface area (Å²) in [4.78, 5) is 25.6. The molecular formula is C32H46N2O3. The predicted molar refractivity (Wildman–Crippen MR) is 150 cm³/mol. The maximum atomic E-state index is 13.1. The van der Waals surface area contributed by atoms with Gasteiger partial charge in [0.1, 0.15) is 5.69 Å². The quantitative estimate of drug-likeness (QED) is 0.389. The third-order valence-electron chi connectivity index (χ3n) is 8.70. The fourth-order valence-electron chi connectivity index (χ4n) is 5.59. The number of carbonyl (C=O) groups is 2. The zero-order valence-corrected chi connectivity index (χ0v) is 23.5. The number of ether oxygens (including phenoxy) is 1. The Kier molecular flexibility index (Phi) is 8.50. The van der Waals surface area contributed by atoms with Crippen LogP contribution in [0.1, 0.15) is 119 Å². The lowest BCUT2D eigenvalue weighted by Crippen LogP contribution is -2.39. The number of carbonyl (C=O) groups excluding carboxylic acids is 2. The number of amides is 1. The van der Waals surface area contributed by atoms with Crippen molar-refractivity contribution in [3.63, 3.8) is 0 Å². The monoisotopic (exact) mass is 506 g/mol. The second kappa shape index (κ2) is 11.4. The SMILES string of the molecule is CC(C)(C)c1cc(-c2[nH]c(C(=O)NC3CCC3)cc2CC2CCCCC2)cc(C2(C)CC2)c1.COC=O. The highest BCUT2D eigenvalue weighted by atomic mass is 16.5. The van der Waals surface area contributed by atoms with Crippen molar-refractivity contribution >= 4 is 12.4 Å². The minimum Gasteiger partial charge on any atom is -0.471 e. The minimum absolute atomic E-state index is 0.0669. The van der Waals surface area contributed by atoms with Crippen LogP contribution in [0.2, 0.25) is 0 Å². The number of rotatable bonds is 7. The first kappa shape index (κ1) is 27.5. The summed E-state index contributed by atoms with van der Waals surface area (Å²) < 4.78 is 3.86. The average molecular weight is 507 g/mol. The van der Waals surface area contributed by atoms with E-state index in [1.165, 1.54) is 86.4 Å². The second-order valence-corrected chi connectivity index (χ2v) is 12.8. The molecule has 5 rings (SSSR count). The first-order valence-electron chi connectivity index (χ1n) is 14.3. The van der Waals surface area contributed by atoms with Crippen LogP contribution in [0.15, 0.2) is 24.3 Å². The molecule has 2 N–H and O–H groups in total. The van der Waals surface area contributed by atoms with E-state index in [1.807, 2.05) is 0 Å². The van der Waals surface area contributed by atoms with Crippen molar-refractivity contribution < 1.29 is 14.3 Å². The van der Waals surface area contributed by atoms with Gasteiger partial charge in [-0.2, -0.15) is 0 Å². The number of hydrogen-bond donors (Lipinski definition) is 2. The van der Waals surface area contributed by atoms with Gasteiger partial charge in [-0.1, -0.05) is 65.9 Å². The smallest absolute Gasteiger partial charge is 0.292 e. The minimum atomic E-state index is 0.0669. The summed E-state index contributed by atoms with van der Waals surface area (Å²) in [6.07, 6.45) is 13.8. The van der Waals surface area contributed by atoms with Crippen molar-refractivity contribution in [1.29, 1.82) is 0 Å². The lowest BCUT2D eigenvalue weighted by Gasteiger charge is -2.26. The number of benzene rings is 1. The van der Waals surface area contributed by atoms with Gasteiger partial charge >= 0.3 is 0 Å². The molecule has 0 unspecified atom stereocenters. The summed E-state index contributed by atoms with van der Waals surface area (Å²) in [5.41, 5.74) is 7.77. The second-order valence-electron chi connectivity index (χ2n) is 12.8. The first-order valence-corrected chi connectivity index (χ1v) is 14.3. The van der Waals surface area contributed by atoms with Gasteiger partial charge in [-0.25, -0.2) is 0 Å². The van der Waals surface area contributed by atoms with Gasteiger partial charge in [0, 0.05) is 11.7 Å². The van der Waals surface area contributed by atoms with Crippen LogP contribution in [-0.4, -0.2) is 30.5 Å². The molecule has 37 heavy (non-hydrogen) atoms. The lowest BCUT2D eigenvalue weighted by atomic mass is 9.81. The van der Waals surface area contributed by atoms with E-state index in [0.717, 1.165) is 30.9 Å². The van der Waals surface area contributed by atoms with E-state index in [-0.39, 0.29) is 11.3 Å². The van der Waals surface area contributed by atoms with E-state index in [1.54, 1.807) is 0 Å². The van der Waals surface area contributed by atoms with Crippen LogP contribution in [0.25, 0.3) is 11.3 Å². The van der Waals surface area contributed by atoms with Crippen molar-refractivity contribution in [3.05, 3.63) is 46.6 Å². The summed E-state index contributed by atoms with van der Waals surface area (Å²) in [5.74, 6) is 0.805. The number of hydrogen-bond acceptors (Lipinski definition) is 3. The number of nitrogens with one attached hydrogen (secondary N) is 2. The van der Waals surface area contributed by atoms with E-state index in [9.17, 15) is 4.79 Å². The number of methoxy groups -OCH3 is 1. The molecular weight excluding hydrogens is 460 g/mol. The van der Waals surface area contributed by atoms with Crippen LogP contribution in [0.5, 0.6) is 0 Å². The zero-order valence-electron chi connectivity index (χ0n) is 23.5. The molecule has 0 bridgehead atoms. The van der Waals surface area contributed by atoms with Gasteiger partial charge in [-0.05, 0) is 95.7 Å². The van der Waals surface area contributed by atoms with Crippen molar-refractivity contribution in [3.8, 4) is 11.3 Å². The normalized spacial score (nSPS) is 19.3. The van der Waals surface area contributed by atoms with E-state index < -0.39 is 0 Å². The van der Waals surface area contributed by atoms with E-state index in [2.05, 4.69) is 67.0 Å². The molecule has 5 nitrogen and oxygen atoms in total. The predicted octanol–water partition coefficient (Wildman–Crippen LogP) is 7.23. The van der Waals surface area contributed by atoms with Crippen LogP contribution in [0.4, 0.5) is 0 Å². The molecule has 0 atom stereocenters. The molecule has 3 aliphatic carbocycles. The number of H-pyrrole nitrogens is 1. The van der Waals surface area contributed by atoms with Crippen LogP contribution in [0, 0.1) is 5.92 Å². The third-order valence-corrected chi connectivity index (χ3v) is 8.70. The molecule has 3 saturated carbocycles. The molecule has 1 heterocycles. The van der Waals surface area contributed by atoms with Gasteiger partial charge in [-0.3, -0.25) is 9.59 Å². The summed E-state index contributed by atoms with van der Waals surface area (Å²) >= 11 is 0. The van der Waals surface area contributed by atoms with Crippen LogP contribution in [0.3, 0.4) is 0 Å². The highest BCUT2D eigenvalue weighted by Gasteiger charge is 2.40. The molecule has 2 aromatic rings. The highest BCUT2D eigenvalue weighted by Crippen LogP contribution is 2.49. The van der Waals surface area contributed by atoms with Crippen molar-refractivity contribution in [2.24, 2.45) is 5.92 Å². The fraction of sp³-hybridized carbons (Fsp3) is 0.625. The Morgan fingerprint density at radius 3 is 2.27 bits per heavy atom. The Morgan fingerprint density at radius 1 is 1.05 bits per heavy atom. The Labute approximate surface area is 223 Å². The molecule has 202 valence electrons. The van der Waals surface area contributed by atoms with Crippen molar-refractivity contribution in [1.82, 2.24) is 10.3 Å². The fourth-order valence-corrected chi connectivity index (χ4v) is 5.59. The van der Waals surface area contributed by atoms with Gasteiger partial charge in [0.2, 0.25) is 0 Å². The van der Waals surface area contributed by atoms with Gasteiger partial charge in [0.15, 0.2) is 0 Å². The summed E-state index contributed by atoms with van der Waals surface area (Å²) in [5, 5.41) is 3.24. The average Bonchev–Trinajstić information content (AvgIpc) is 3.48. The molecule has 0 saturated heterocycles. The summed E-state index contributed by atoms with van der Waals surface area (Å²) in [7, 11) is 1.31. The topological polar surface area (TPSA) is 71.2 Å². The van der Waals surface area contributed by atoms with Crippen LogP contribution >= 0.6 is 0 Å². The largest absolute Gasteiger partial charge is 0.471 e. The third kappa shape index (κ3) is 6.86. The summed E-state index contributed by atoms with van der Waals surface area (Å²) in [6.45, 7) is 9.69. The molecule has 3 aliphatic rings. The molecule has 0 aliphatic heterocycles. The number of aromatic amines is 1. The van der Waals surface area contributed by atoms with Crippen LogP contribution < -0.4 is 5.32 Å². The van der Waals surface area contributed by atoms with E-state index >= 15 is 0 Å².